The van der Waals surface area contributed by atoms with E-state index in [0.717, 1.165) is 11.3 Å². The molecule has 0 amide bonds. The van der Waals surface area contributed by atoms with Crippen LogP contribution in [-0.2, 0) is 4.74 Å². The van der Waals surface area contributed by atoms with Crippen LogP contribution >= 0.6 is 11.6 Å². The highest BCUT2D eigenvalue weighted by atomic mass is 35.5. The first-order valence-electron chi connectivity index (χ1n) is 5.97. The third-order valence-corrected chi connectivity index (χ3v) is 3.31. The van der Waals surface area contributed by atoms with E-state index in [-0.39, 0.29) is 0 Å². The number of hydrogen-bond acceptors (Lipinski definition) is 4. The van der Waals surface area contributed by atoms with Gasteiger partial charge in [-0.1, -0.05) is 29.8 Å². The molecule has 1 aromatic heterocycles. The number of ether oxygens (including phenoxy) is 1. The molecule has 98 valence electrons. The van der Waals surface area contributed by atoms with E-state index in [0.29, 0.717) is 18.0 Å². The van der Waals surface area contributed by atoms with Crippen molar-refractivity contribution in [1.82, 2.24) is 9.78 Å². The average Bonchev–Trinajstić information content (AvgIpc) is 2.83. The van der Waals surface area contributed by atoms with Gasteiger partial charge in [-0.15, -0.1) is 0 Å². The van der Waals surface area contributed by atoms with Gasteiger partial charge in [0.05, 0.1) is 18.5 Å². The largest absolute Gasteiger partial charge is 0.462 e. The second-order valence-corrected chi connectivity index (χ2v) is 4.54. The first-order valence-corrected chi connectivity index (χ1v) is 6.41. The number of alkyl halides is 1. The molecular weight excluding hydrogens is 266 g/mol. The van der Waals surface area contributed by atoms with E-state index in [1.807, 2.05) is 24.3 Å². The SMILES string of the molecule is CCOC(=O)c1cnn2c1NC(Cl)c1ccccc1-2. The van der Waals surface area contributed by atoms with Gasteiger partial charge in [-0.2, -0.15) is 5.10 Å². The highest BCUT2D eigenvalue weighted by Gasteiger charge is 2.28. The third kappa shape index (κ3) is 1.86. The third-order valence-electron chi connectivity index (χ3n) is 2.97. The predicted molar refractivity (Wildman–Crippen MR) is 71.7 cm³/mol. The van der Waals surface area contributed by atoms with Crippen molar-refractivity contribution in [1.29, 1.82) is 0 Å². The first kappa shape index (κ1) is 12.0. The molecule has 1 aliphatic heterocycles. The molecule has 19 heavy (non-hydrogen) atoms. The summed E-state index contributed by atoms with van der Waals surface area (Å²) in [6, 6.07) is 7.66. The monoisotopic (exact) mass is 277 g/mol. The summed E-state index contributed by atoms with van der Waals surface area (Å²) < 4.78 is 6.67. The number of anilines is 1. The molecule has 6 heteroatoms. The second kappa shape index (κ2) is 4.59. The van der Waals surface area contributed by atoms with Crippen LogP contribution in [0.25, 0.3) is 5.69 Å². The van der Waals surface area contributed by atoms with Crippen LogP contribution < -0.4 is 5.32 Å². The van der Waals surface area contributed by atoms with Gasteiger partial charge in [0.1, 0.15) is 16.9 Å². The Labute approximate surface area is 115 Å². The number of aromatic nitrogens is 2. The molecule has 1 unspecified atom stereocenters. The number of carbonyl (C=O) groups is 1. The van der Waals surface area contributed by atoms with Crippen molar-refractivity contribution in [3.63, 3.8) is 0 Å². The number of nitrogens with zero attached hydrogens (tertiary/aromatic N) is 2. The Balaban J connectivity index is 2.11. The van der Waals surface area contributed by atoms with Crippen LogP contribution in [0.1, 0.15) is 28.3 Å². The molecule has 1 N–H and O–H groups in total. The van der Waals surface area contributed by atoms with Crippen molar-refractivity contribution in [2.24, 2.45) is 0 Å². The van der Waals surface area contributed by atoms with E-state index in [2.05, 4.69) is 10.4 Å². The van der Waals surface area contributed by atoms with Crippen LogP contribution in [0.2, 0.25) is 0 Å². The van der Waals surface area contributed by atoms with Crippen molar-refractivity contribution >= 4 is 23.4 Å². The van der Waals surface area contributed by atoms with E-state index in [1.165, 1.54) is 6.20 Å². The summed E-state index contributed by atoms with van der Waals surface area (Å²) in [5.41, 5.74) is 1.79. The molecule has 1 aromatic carbocycles. The molecule has 0 saturated carbocycles. The number of esters is 1. The fourth-order valence-electron chi connectivity index (χ4n) is 2.12. The quantitative estimate of drug-likeness (QED) is 0.521. The topological polar surface area (TPSA) is 56.1 Å². The zero-order chi connectivity index (χ0) is 13.4. The number of benzene rings is 1. The summed E-state index contributed by atoms with van der Waals surface area (Å²) in [4.78, 5) is 11.8. The van der Waals surface area contributed by atoms with E-state index >= 15 is 0 Å². The second-order valence-electron chi connectivity index (χ2n) is 4.10. The van der Waals surface area contributed by atoms with Crippen LogP contribution in [0.3, 0.4) is 0 Å². The molecule has 0 fully saturated rings. The van der Waals surface area contributed by atoms with E-state index in [4.69, 9.17) is 16.3 Å². The number of carbonyl (C=O) groups excluding carboxylic acids is 1. The van der Waals surface area contributed by atoms with Gasteiger partial charge in [0.25, 0.3) is 0 Å². The minimum Gasteiger partial charge on any atom is -0.462 e. The molecule has 0 radical (unpaired) electrons. The van der Waals surface area contributed by atoms with Gasteiger partial charge in [0.15, 0.2) is 0 Å². The molecule has 3 rings (SSSR count). The Kier molecular flexibility index (Phi) is 2.91. The van der Waals surface area contributed by atoms with Crippen LogP contribution in [0, 0.1) is 0 Å². The zero-order valence-electron chi connectivity index (χ0n) is 10.3. The Morgan fingerprint density at radius 3 is 3.11 bits per heavy atom. The summed E-state index contributed by atoms with van der Waals surface area (Å²) in [6.45, 7) is 2.09. The van der Waals surface area contributed by atoms with E-state index in [1.54, 1.807) is 11.6 Å². The van der Waals surface area contributed by atoms with Crippen molar-refractivity contribution in [3.8, 4) is 5.69 Å². The smallest absolute Gasteiger partial charge is 0.343 e. The van der Waals surface area contributed by atoms with Crippen LogP contribution in [0.15, 0.2) is 30.5 Å². The Morgan fingerprint density at radius 2 is 2.32 bits per heavy atom. The molecule has 2 aromatic rings. The lowest BCUT2D eigenvalue weighted by atomic mass is 10.1. The highest BCUT2D eigenvalue weighted by molar-refractivity contribution is 6.22. The van der Waals surface area contributed by atoms with Gasteiger partial charge in [-0.05, 0) is 13.0 Å². The average molecular weight is 278 g/mol. The molecule has 0 spiro atoms. The molecule has 0 saturated heterocycles. The molecule has 1 atom stereocenters. The summed E-state index contributed by atoms with van der Waals surface area (Å²) in [5.74, 6) is 0.164. The number of hydrogen-bond donors (Lipinski definition) is 1. The lowest BCUT2D eigenvalue weighted by Gasteiger charge is -2.24. The number of nitrogens with one attached hydrogen (secondary N) is 1. The minimum atomic E-state index is -0.403. The van der Waals surface area contributed by atoms with E-state index in [9.17, 15) is 4.79 Å². The van der Waals surface area contributed by atoms with Crippen molar-refractivity contribution in [2.45, 2.75) is 12.4 Å². The van der Waals surface area contributed by atoms with Crippen LogP contribution in [0.5, 0.6) is 0 Å². The lowest BCUT2D eigenvalue weighted by Crippen LogP contribution is -2.20. The zero-order valence-corrected chi connectivity index (χ0v) is 11.0. The Hall–Kier alpha value is -2.01. The summed E-state index contributed by atoms with van der Waals surface area (Å²) in [6.07, 6.45) is 1.49. The standard InChI is InChI=1S/C13H12ClN3O2/c1-2-19-13(18)9-7-15-17-10-6-4-3-5-8(10)11(14)16-12(9)17/h3-7,11,16H,2H2,1H3. The van der Waals surface area contributed by atoms with Gasteiger partial charge in [-0.3, -0.25) is 0 Å². The van der Waals surface area contributed by atoms with E-state index < -0.39 is 11.5 Å². The van der Waals surface area contributed by atoms with Crippen LogP contribution in [0.4, 0.5) is 5.82 Å². The molecular formula is C13H12ClN3O2. The molecule has 0 bridgehead atoms. The normalized spacial score (nSPS) is 16.2. The van der Waals surface area contributed by atoms with Gasteiger partial charge in [0, 0.05) is 5.56 Å². The summed E-state index contributed by atoms with van der Waals surface area (Å²) in [5, 5.41) is 7.30. The molecule has 0 aliphatic carbocycles. The van der Waals surface area contributed by atoms with Gasteiger partial charge < -0.3 is 10.1 Å². The Morgan fingerprint density at radius 1 is 1.53 bits per heavy atom. The maximum atomic E-state index is 11.8. The number of para-hydroxylation sites is 1. The lowest BCUT2D eigenvalue weighted by molar-refractivity contribution is 0.0527. The van der Waals surface area contributed by atoms with Crippen molar-refractivity contribution in [2.75, 3.05) is 11.9 Å². The number of halogens is 1. The summed E-state index contributed by atoms with van der Waals surface area (Å²) in [7, 11) is 0. The fraction of sp³-hybridized carbons (Fsp3) is 0.231. The maximum Gasteiger partial charge on any atom is 0.343 e. The molecule has 1 aliphatic rings. The van der Waals surface area contributed by atoms with Gasteiger partial charge in [-0.25, -0.2) is 9.48 Å². The molecule has 5 nitrogen and oxygen atoms in total. The van der Waals surface area contributed by atoms with Crippen LogP contribution in [-0.4, -0.2) is 22.4 Å². The number of rotatable bonds is 2. The predicted octanol–water partition coefficient (Wildman–Crippen LogP) is 2.71. The first-order chi connectivity index (χ1) is 9.22. The highest BCUT2D eigenvalue weighted by Crippen LogP contribution is 2.36. The van der Waals surface area contributed by atoms with Gasteiger partial charge >= 0.3 is 5.97 Å². The minimum absolute atomic E-state index is 0.324. The molecule has 2 heterocycles. The van der Waals surface area contributed by atoms with Crippen molar-refractivity contribution < 1.29 is 9.53 Å². The fourth-order valence-corrected chi connectivity index (χ4v) is 2.41. The maximum absolute atomic E-state index is 11.8. The number of fused-ring (bicyclic) bond motifs is 3. The van der Waals surface area contributed by atoms with Crippen molar-refractivity contribution in [3.05, 3.63) is 41.6 Å². The van der Waals surface area contributed by atoms with Gasteiger partial charge in [0.2, 0.25) is 0 Å². The Bertz CT molecular complexity index is 639. The summed E-state index contributed by atoms with van der Waals surface area (Å²) >= 11 is 6.28.